The van der Waals surface area contributed by atoms with Crippen LogP contribution in [0.25, 0.3) is 0 Å². The fraction of sp³-hybridized carbons (Fsp3) is 0.933. The van der Waals surface area contributed by atoms with Gasteiger partial charge in [0.25, 0.3) is 0 Å². The Hall–Kier alpha value is -0.610. The van der Waals surface area contributed by atoms with E-state index in [1.165, 1.54) is 25.7 Å². The van der Waals surface area contributed by atoms with Crippen molar-refractivity contribution in [1.82, 2.24) is 10.2 Å². The van der Waals surface area contributed by atoms with Crippen molar-refractivity contribution >= 4 is 5.91 Å². The summed E-state index contributed by atoms with van der Waals surface area (Å²) in [4.78, 5) is 14.5. The average Bonchev–Trinajstić information content (AvgIpc) is 3.22. The van der Waals surface area contributed by atoms with E-state index in [4.69, 9.17) is 5.73 Å². The van der Waals surface area contributed by atoms with Gasteiger partial charge in [0.15, 0.2) is 0 Å². The number of nitrogens with one attached hydrogen (secondary N) is 1. The van der Waals surface area contributed by atoms with Crippen molar-refractivity contribution in [3.8, 4) is 0 Å². The van der Waals surface area contributed by atoms with Gasteiger partial charge >= 0.3 is 0 Å². The predicted molar refractivity (Wildman–Crippen MR) is 77.8 cm³/mol. The molecule has 3 N–H and O–H groups in total. The van der Waals surface area contributed by atoms with Crippen LogP contribution in [0.1, 0.15) is 52.4 Å². The van der Waals surface area contributed by atoms with Gasteiger partial charge in [0.1, 0.15) is 0 Å². The molecule has 110 valence electrons. The molecule has 1 atom stereocenters. The second kappa shape index (κ2) is 6.23. The number of rotatable bonds is 5. The molecule has 0 spiro atoms. The highest BCUT2D eigenvalue weighted by Crippen LogP contribution is 2.32. The van der Waals surface area contributed by atoms with E-state index in [9.17, 15) is 4.79 Å². The van der Waals surface area contributed by atoms with Crippen LogP contribution in [0.5, 0.6) is 0 Å². The molecule has 19 heavy (non-hydrogen) atoms. The van der Waals surface area contributed by atoms with Crippen molar-refractivity contribution in [3.05, 3.63) is 0 Å². The summed E-state index contributed by atoms with van der Waals surface area (Å²) >= 11 is 0. The van der Waals surface area contributed by atoms with Gasteiger partial charge in [0, 0.05) is 18.1 Å². The summed E-state index contributed by atoms with van der Waals surface area (Å²) in [7, 11) is 2.26. The van der Waals surface area contributed by atoms with Gasteiger partial charge in [-0.05, 0) is 51.5 Å². The molecule has 0 saturated heterocycles. The van der Waals surface area contributed by atoms with Crippen LogP contribution in [-0.4, -0.2) is 42.0 Å². The first kappa shape index (κ1) is 14.8. The van der Waals surface area contributed by atoms with Gasteiger partial charge in [-0.2, -0.15) is 0 Å². The second-order valence-electron chi connectivity index (χ2n) is 6.68. The highest BCUT2D eigenvalue weighted by molar-refractivity contribution is 5.82. The Morgan fingerprint density at radius 3 is 2.00 bits per heavy atom. The minimum atomic E-state index is -0.369. The first-order valence-corrected chi connectivity index (χ1v) is 7.77. The smallest absolute Gasteiger partial charge is 0.237 e. The van der Waals surface area contributed by atoms with Gasteiger partial charge < -0.3 is 16.0 Å². The summed E-state index contributed by atoms with van der Waals surface area (Å²) in [5, 5.41) is 3.12. The molecule has 0 heterocycles. The van der Waals surface area contributed by atoms with Crippen molar-refractivity contribution < 1.29 is 4.79 Å². The largest absolute Gasteiger partial charge is 0.352 e. The van der Waals surface area contributed by atoms with Crippen LogP contribution in [0.15, 0.2) is 0 Å². The minimum Gasteiger partial charge on any atom is -0.352 e. The lowest BCUT2D eigenvalue weighted by Gasteiger charge is -2.35. The van der Waals surface area contributed by atoms with E-state index in [1.54, 1.807) is 0 Å². The standard InChI is InChI=1S/C15H29N3O/c1-10(2)14(16)15(19)17-11-4-6-12(7-5-11)18(3)13-8-9-13/h10-14H,4-9,16H2,1-3H3,(H,17,19). The average molecular weight is 267 g/mol. The third-order valence-electron chi connectivity index (χ3n) is 4.76. The number of nitrogens with two attached hydrogens (primary N) is 1. The normalized spacial score (nSPS) is 29.6. The second-order valence-corrected chi connectivity index (χ2v) is 6.68. The summed E-state index contributed by atoms with van der Waals surface area (Å²) in [5.74, 6) is 0.228. The zero-order valence-electron chi connectivity index (χ0n) is 12.6. The maximum absolute atomic E-state index is 11.9. The molecular weight excluding hydrogens is 238 g/mol. The molecule has 1 amide bonds. The van der Waals surface area contributed by atoms with E-state index in [1.807, 2.05) is 13.8 Å². The number of nitrogens with zero attached hydrogens (tertiary/aromatic N) is 1. The molecule has 0 radical (unpaired) electrons. The van der Waals surface area contributed by atoms with E-state index >= 15 is 0 Å². The van der Waals surface area contributed by atoms with E-state index in [0.29, 0.717) is 6.04 Å². The highest BCUT2D eigenvalue weighted by Gasteiger charge is 2.33. The molecule has 4 nitrogen and oxygen atoms in total. The van der Waals surface area contributed by atoms with Crippen molar-refractivity contribution in [2.24, 2.45) is 11.7 Å². The van der Waals surface area contributed by atoms with Gasteiger partial charge in [-0.15, -0.1) is 0 Å². The Morgan fingerprint density at radius 1 is 1.11 bits per heavy atom. The molecule has 2 rings (SSSR count). The van der Waals surface area contributed by atoms with Crippen LogP contribution in [0.2, 0.25) is 0 Å². The van der Waals surface area contributed by atoms with Gasteiger partial charge in [0.05, 0.1) is 6.04 Å². The first-order valence-electron chi connectivity index (χ1n) is 7.77. The molecule has 2 aliphatic rings. The number of hydrogen-bond donors (Lipinski definition) is 2. The summed E-state index contributed by atoms with van der Waals surface area (Å²) in [5.41, 5.74) is 5.88. The fourth-order valence-corrected chi connectivity index (χ4v) is 3.01. The lowest BCUT2D eigenvalue weighted by Crippen LogP contribution is -2.50. The fourth-order valence-electron chi connectivity index (χ4n) is 3.01. The molecule has 0 aromatic heterocycles. The SMILES string of the molecule is CC(C)C(N)C(=O)NC1CCC(N(C)C2CC2)CC1. The maximum Gasteiger partial charge on any atom is 0.237 e. The van der Waals surface area contributed by atoms with Gasteiger partial charge in [0.2, 0.25) is 5.91 Å². The third-order valence-corrected chi connectivity index (χ3v) is 4.76. The van der Waals surface area contributed by atoms with Crippen LogP contribution < -0.4 is 11.1 Å². The Morgan fingerprint density at radius 2 is 1.58 bits per heavy atom. The topological polar surface area (TPSA) is 58.4 Å². The number of hydrogen-bond acceptors (Lipinski definition) is 3. The molecule has 0 aromatic carbocycles. The van der Waals surface area contributed by atoms with Crippen LogP contribution in [0, 0.1) is 5.92 Å². The summed E-state index contributed by atoms with van der Waals surface area (Å²) < 4.78 is 0. The minimum absolute atomic E-state index is 0.0222. The van der Waals surface area contributed by atoms with Crippen molar-refractivity contribution in [2.45, 2.75) is 76.5 Å². The number of carbonyl (C=O) groups is 1. The third kappa shape index (κ3) is 3.93. The zero-order valence-corrected chi connectivity index (χ0v) is 12.6. The Balaban J connectivity index is 1.72. The molecule has 1 unspecified atom stereocenters. The molecule has 2 saturated carbocycles. The van der Waals surface area contributed by atoms with E-state index in [2.05, 4.69) is 17.3 Å². The van der Waals surface area contributed by atoms with Crippen molar-refractivity contribution in [2.75, 3.05) is 7.05 Å². The Kier molecular flexibility index (Phi) is 4.85. The zero-order chi connectivity index (χ0) is 14.0. The van der Waals surface area contributed by atoms with Gasteiger partial charge in [-0.1, -0.05) is 13.8 Å². The Bertz CT molecular complexity index is 307. The van der Waals surface area contributed by atoms with E-state index in [-0.39, 0.29) is 17.9 Å². The van der Waals surface area contributed by atoms with Gasteiger partial charge in [-0.25, -0.2) is 0 Å². The van der Waals surface area contributed by atoms with E-state index < -0.39 is 0 Å². The number of carbonyl (C=O) groups excluding carboxylic acids is 1. The summed E-state index contributed by atoms with van der Waals surface area (Å²) in [6.07, 6.45) is 7.34. The molecule has 2 aliphatic carbocycles. The highest BCUT2D eigenvalue weighted by atomic mass is 16.2. The van der Waals surface area contributed by atoms with Crippen LogP contribution in [-0.2, 0) is 4.79 Å². The molecule has 4 heteroatoms. The quantitative estimate of drug-likeness (QED) is 0.793. The molecule has 0 aliphatic heterocycles. The molecular formula is C15H29N3O. The van der Waals surface area contributed by atoms with Crippen LogP contribution in [0.3, 0.4) is 0 Å². The maximum atomic E-state index is 11.9. The summed E-state index contributed by atoms with van der Waals surface area (Å²) in [6, 6.07) is 1.53. The molecule has 2 fully saturated rings. The lowest BCUT2D eigenvalue weighted by molar-refractivity contribution is -0.124. The van der Waals surface area contributed by atoms with Crippen LogP contribution >= 0.6 is 0 Å². The van der Waals surface area contributed by atoms with E-state index in [0.717, 1.165) is 24.9 Å². The molecule has 0 aromatic rings. The predicted octanol–water partition coefficient (Wildman–Crippen LogP) is 1.49. The van der Waals surface area contributed by atoms with Crippen molar-refractivity contribution in [3.63, 3.8) is 0 Å². The summed E-state index contributed by atoms with van der Waals surface area (Å²) in [6.45, 7) is 3.98. The lowest BCUT2D eigenvalue weighted by atomic mass is 9.90. The first-order chi connectivity index (χ1) is 8.99. The molecule has 0 bridgehead atoms. The van der Waals surface area contributed by atoms with Gasteiger partial charge in [-0.3, -0.25) is 4.79 Å². The van der Waals surface area contributed by atoms with Crippen LogP contribution in [0.4, 0.5) is 0 Å². The monoisotopic (exact) mass is 267 g/mol. The number of amides is 1. The Labute approximate surface area is 117 Å². The van der Waals surface area contributed by atoms with Crippen molar-refractivity contribution in [1.29, 1.82) is 0 Å².